The number of methoxy groups -OCH3 is 1. The normalized spacial score (nSPS) is 11.2. The predicted octanol–water partition coefficient (Wildman–Crippen LogP) is 2.23. The molecule has 1 aromatic carbocycles. The molecular weight excluding hydrogens is 320 g/mol. The van der Waals surface area contributed by atoms with Gasteiger partial charge in [0.15, 0.2) is 11.7 Å². The number of amides is 1. The number of hydrogen-bond acceptors (Lipinski definition) is 4. The second-order valence-electron chi connectivity index (χ2n) is 5.25. The van der Waals surface area contributed by atoms with Gasteiger partial charge in [-0.3, -0.25) is 4.79 Å². The Morgan fingerprint density at radius 1 is 1.24 bits per heavy atom. The second kappa shape index (κ2) is 10.1. The third-order valence-corrected chi connectivity index (χ3v) is 3.29. The number of carbonyl (C=O) groups is 1. The summed E-state index contributed by atoms with van der Waals surface area (Å²) < 4.78 is 10.1. The SMILES string of the molecule is CCNC(=NCc1cccc(NC(=O)c2ccco2)c1)NCCOC. The molecule has 0 unspecified atom stereocenters. The van der Waals surface area contributed by atoms with E-state index in [9.17, 15) is 4.79 Å². The van der Waals surface area contributed by atoms with Crippen LogP contribution in [0.1, 0.15) is 23.0 Å². The van der Waals surface area contributed by atoms with E-state index in [1.54, 1.807) is 19.2 Å². The fraction of sp³-hybridized carbons (Fsp3) is 0.333. The van der Waals surface area contributed by atoms with Crippen LogP contribution >= 0.6 is 0 Å². The second-order valence-corrected chi connectivity index (χ2v) is 5.25. The van der Waals surface area contributed by atoms with Gasteiger partial charge >= 0.3 is 0 Å². The molecule has 0 spiro atoms. The summed E-state index contributed by atoms with van der Waals surface area (Å²) in [7, 11) is 1.66. The summed E-state index contributed by atoms with van der Waals surface area (Å²) in [4.78, 5) is 16.6. The van der Waals surface area contributed by atoms with Crippen molar-refractivity contribution in [2.24, 2.45) is 4.99 Å². The lowest BCUT2D eigenvalue weighted by atomic mass is 10.2. The molecule has 0 bridgehead atoms. The summed E-state index contributed by atoms with van der Waals surface area (Å²) in [6, 6.07) is 10.9. The molecule has 0 aliphatic rings. The average Bonchev–Trinajstić information content (AvgIpc) is 3.15. The topological polar surface area (TPSA) is 87.9 Å². The summed E-state index contributed by atoms with van der Waals surface area (Å²) in [5, 5.41) is 9.18. The maximum absolute atomic E-state index is 12.0. The van der Waals surface area contributed by atoms with E-state index in [0.29, 0.717) is 25.4 Å². The van der Waals surface area contributed by atoms with Gasteiger partial charge in [-0.1, -0.05) is 12.1 Å². The number of aliphatic imine (C=N–C) groups is 1. The first kappa shape index (κ1) is 18.5. The van der Waals surface area contributed by atoms with Crippen molar-refractivity contribution in [2.75, 3.05) is 32.1 Å². The lowest BCUT2D eigenvalue weighted by molar-refractivity contribution is 0.0996. The van der Waals surface area contributed by atoms with Crippen LogP contribution in [0, 0.1) is 0 Å². The minimum Gasteiger partial charge on any atom is -0.459 e. The van der Waals surface area contributed by atoms with Crippen molar-refractivity contribution in [3.8, 4) is 0 Å². The zero-order valence-electron chi connectivity index (χ0n) is 14.5. The Labute approximate surface area is 147 Å². The van der Waals surface area contributed by atoms with Crippen LogP contribution in [0.2, 0.25) is 0 Å². The first-order valence-corrected chi connectivity index (χ1v) is 8.18. The highest BCUT2D eigenvalue weighted by molar-refractivity contribution is 6.02. The van der Waals surface area contributed by atoms with Gasteiger partial charge in [-0.15, -0.1) is 0 Å². The highest BCUT2D eigenvalue weighted by Crippen LogP contribution is 2.13. The van der Waals surface area contributed by atoms with Gasteiger partial charge in [-0.25, -0.2) is 4.99 Å². The molecule has 2 rings (SSSR count). The van der Waals surface area contributed by atoms with Gasteiger partial charge in [0, 0.05) is 25.9 Å². The largest absolute Gasteiger partial charge is 0.459 e. The number of anilines is 1. The van der Waals surface area contributed by atoms with Crippen LogP contribution in [-0.4, -0.2) is 38.7 Å². The van der Waals surface area contributed by atoms with Crippen molar-refractivity contribution >= 4 is 17.6 Å². The molecule has 0 fully saturated rings. The van der Waals surface area contributed by atoms with E-state index in [2.05, 4.69) is 20.9 Å². The van der Waals surface area contributed by atoms with Crippen molar-refractivity contribution in [1.82, 2.24) is 10.6 Å². The Hall–Kier alpha value is -2.80. The Balaban J connectivity index is 1.97. The van der Waals surface area contributed by atoms with Crippen LogP contribution in [0.25, 0.3) is 0 Å². The highest BCUT2D eigenvalue weighted by atomic mass is 16.5. The smallest absolute Gasteiger partial charge is 0.291 e. The van der Waals surface area contributed by atoms with Crippen LogP contribution in [0.15, 0.2) is 52.1 Å². The van der Waals surface area contributed by atoms with Crippen molar-refractivity contribution in [3.63, 3.8) is 0 Å². The van der Waals surface area contributed by atoms with Gasteiger partial charge in [0.2, 0.25) is 0 Å². The van der Waals surface area contributed by atoms with Gasteiger partial charge in [-0.2, -0.15) is 0 Å². The Morgan fingerprint density at radius 3 is 2.84 bits per heavy atom. The fourth-order valence-corrected chi connectivity index (χ4v) is 2.13. The number of benzene rings is 1. The van der Waals surface area contributed by atoms with E-state index in [1.807, 2.05) is 31.2 Å². The van der Waals surface area contributed by atoms with E-state index < -0.39 is 0 Å². The molecule has 0 saturated carbocycles. The van der Waals surface area contributed by atoms with Crippen molar-refractivity contribution in [3.05, 3.63) is 54.0 Å². The summed E-state index contributed by atoms with van der Waals surface area (Å²) in [5.41, 5.74) is 1.69. The molecule has 7 heteroatoms. The zero-order chi connectivity index (χ0) is 17.9. The number of guanidine groups is 1. The fourth-order valence-electron chi connectivity index (χ4n) is 2.13. The summed E-state index contributed by atoms with van der Waals surface area (Å²) in [6.07, 6.45) is 1.47. The van der Waals surface area contributed by atoms with Crippen LogP contribution in [-0.2, 0) is 11.3 Å². The van der Waals surface area contributed by atoms with Gasteiger partial charge in [-0.05, 0) is 36.8 Å². The lowest BCUT2D eigenvalue weighted by Gasteiger charge is -2.11. The molecule has 0 radical (unpaired) electrons. The summed E-state index contributed by atoms with van der Waals surface area (Å²) in [5.74, 6) is 0.727. The van der Waals surface area contributed by atoms with Gasteiger partial charge < -0.3 is 25.1 Å². The van der Waals surface area contributed by atoms with Gasteiger partial charge in [0.05, 0.1) is 19.4 Å². The molecule has 7 nitrogen and oxygen atoms in total. The van der Waals surface area contributed by atoms with Crippen LogP contribution in [0.3, 0.4) is 0 Å². The molecular formula is C18H24N4O3. The summed E-state index contributed by atoms with van der Waals surface area (Å²) in [6.45, 7) is 4.57. The van der Waals surface area contributed by atoms with Gasteiger partial charge in [0.1, 0.15) is 0 Å². The van der Waals surface area contributed by atoms with E-state index in [-0.39, 0.29) is 11.7 Å². The van der Waals surface area contributed by atoms with E-state index in [0.717, 1.165) is 18.1 Å². The number of hydrogen-bond donors (Lipinski definition) is 3. The molecule has 1 aromatic heterocycles. The maximum atomic E-state index is 12.0. The first-order valence-electron chi connectivity index (χ1n) is 8.18. The number of nitrogens with one attached hydrogen (secondary N) is 3. The number of rotatable bonds is 8. The van der Waals surface area contributed by atoms with Gasteiger partial charge in [0.25, 0.3) is 5.91 Å². The van der Waals surface area contributed by atoms with Crippen LogP contribution in [0.5, 0.6) is 0 Å². The molecule has 0 aliphatic carbocycles. The van der Waals surface area contributed by atoms with Crippen molar-refractivity contribution < 1.29 is 13.9 Å². The van der Waals surface area contributed by atoms with E-state index in [4.69, 9.17) is 9.15 Å². The molecule has 134 valence electrons. The number of furan rings is 1. The lowest BCUT2D eigenvalue weighted by Crippen LogP contribution is -2.38. The summed E-state index contributed by atoms with van der Waals surface area (Å²) >= 11 is 0. The Kier molecular flexibility index (Phi) is 7.52. The molecule has 0 saturated heterocycles. The molecule has 1 amide bonds. The van der Waals surface area contributed by atoms with Crippen molar-refractivity contribution in [2.45, 2.75) is 13.5 Å². The monoisotopic (exact) mass is 344 g/mol. The molecule has 3 N–H and O–H groups in total. The highest BCUT2D eigenvalue weighted by Gasteiger charge is 2.08. The Morgan fingerprint density at radius 2 is 2.12 bits per heavy atom. The quantitative estimate of drug-likeness (QED) is 0.388. The minimum atomic E-state index is -0.278. The molecule has 2 aromatic rings. The third-order valence-electron chi connectivity index (χ3n) is 3.29. The number of ether oxygens (including phenoxy) is 1. The predicted molar refractivity (Wildman–Crippen MR) is 97.8 cm³/mol. The van der Waals surface area contributed by atoms with E-state index >= 15 is 0 Å². The Bertz CT molecular complexity index is 683. The zero-order valence-corrected chi connectivity index (χ0v) is 14.5. The first-order chi connectivity index (χ1) is 12.2. The third kappa shape index (κ3) is 6.31. The number of carbonyl (C=O) groups excluding carboxylic acids is 1. The maximum Gasteiger partial charge on any atom is 0.291 e. The average molecular weight is 344 g/mol. The minimum absolute atomic E-state index is 0.278. The van der Waals surface area contributed by atoms with Crippen LogP contribution < -0.4 is 16.0 Å². The van der Waals surface area contributed by atoms with E-state index in [1.165, 1.54) is 6.26 Å². The standard InChI is InChI=1S/C18H24N4O3/c1-3-19-18(20-9-11-24-2)21-13-14-6-4-7-15(12-14)22-17(23)16-8-5-10-25-16/h4-8,10,12H,3,9,11,13H2,1-2H3,(H,22,23)(H2,19,20,21). The molecule has 0 atom stereocenters. The molecule has 25 heavy (non-hydrogen) atoms. The number of nitrogens with zero attached hydrogens (tertiary/aromatic N) is 1. The molecule has 1 heterocycles. The van der Waals surface area contributed by atoms with Crippen LogP contribution in [0.4, 0.5) is 5.69 Å². The van der Waals surface area contributed by atoms with Crippen molar-refractivity contribution in [1.29, 1.82) is 0 Å². The molecule has 0 aliphatic heterocycles.